The molecule has 8 nitrogen and oxygen atoms in total. The molecule has 9 heteroatoms. The van der Waals surface area contributed by atoms with Crippen LogP contribution in [0.4, 0.5) is 10.5 Å². The first kappa shape index (κ1) is 24.9. The molecule has 7 rings (SSSR count). The predicted octanol–water partition coefficient (Wildman–Crippen LogP) is 5.21. The van der Waals surface area contributed by atoms with Gasteiger partial charge in [0.15, 0.2) is 0 Å². The Morgan fingerprint density at radius 2 is 1.88 bits per heavy atom. The molecule has 2 N–H and O–H groups in total. The van der Waals surface area contributed by atoms with Gasteiger partial charge in [-0.3, -0.25) is 14.5 Å². The van der Waals surface area contributed by atoms with Crippen molar-refractivity contribution in [2.45, 2.75) is 37.5 Å². The van der Waals surface area contributed by atoms with Crippen LogP contribution in [0.25, 0.3) is 10.9 Å². The van der Waals surface area contributed by atoms with E-state index >= 15 is 0 Å². The summed E-state index contributed by atoms with van der Waals surface area (Å²) in [6.07, 6.45) is 2.20. The third-order valence-corrected chi connectivity index (χ3v) is 8.35. The predicted molar refractivity (Wildman–Crippen MR) is 152 cm³/mol. The van der Waals surface area contributed by atoms with Crippen LogP contribution < -0.4 is 10.2 Å². The highest BCUT2D eigenvalue weighted by atomic mass is 35.5. The lowest BCUT2D eigenvalue weighted by molar-refractivity contribution is -0.120. The fourth-order valence-corrected chi connectivity index (χ4v) is 6.49. The minimum Gasteiger partial charge on any atom is -0.376 e. The highest BCUT2D eigenvalue weighted by Gasteiger charge is 2.53. The number of anilines is 1. The number of fused-ring (bicyclic) bond motifs is 4. The summed E-state index contributed by atoms with van der Waals surface area (Å²) in [5, 5.41) is 4.49. The molecule has 1 aromatic heterocycles. The number of hydrogen-bond donors (Lipinski definition) is 2. The summed E-state index contributed by atoms with van der Waals surface area (Å²) in [5.41, 5.74) is 4.17. The molecule has 3 atom stereocenters. The van der Waals surface area contributed by atoms with Gasteiger partial charge < -0.3 is 15.0 Å². The Labute approximate surface area is 235 Å². The lowest BCUT2D eigenvalue weighted by Gasteiger charge is -2.36. The number of halogens is 1. The molecule has 3 aliphatic heterocycles. The van der Waals surface area contributed by atoms with Gasteiger partial charge in [-0.1, -0.05) is 54.1 Å². The van der Waals surface area contributed by atoms with Crippen LogP contribution in [0.2, 0.25) is 5.02 Å². The number of aromatic nitrogens is 1. The Bertz CT molecular complexity index is 1660. The first-order valence-corrected chi connectivity index (χ1v) is 13.9. The van der Waals surface area contributed by atoms with Gasteiger partial charge in [0.1, 0.15) is 12.1 Å². The largest absolute Gasteiger partial charge is 0.376 e. The summed E-state index contributed by atoms with van der Waals surface area (Å²) < 4.78 is 5.63. The van der Waals surface area contributed by atoms with Crippen LogP contribution in [0.1, 0.15) is 46.1 Å². The van der Waals surface area contributed by atoms with Crippen molar-refractivity contribution in [3.05, 3.63) is 100 Å². The maximum absolute atomic E-state index is 14.2. The number of para-hydroxylation sites is 2. The van der Waals surface area contributed by atoms with Crippen molar-refractivity contribution >= 4 is 46.0 Å². The molecule has 3 aliphatic rings. The molecule has 0 spiro atoms. The molecule has 40 heavy (non-hydrogen) atoms. The second-order valence-corrected chi connectivity index (χ2v) is 10.9. The van der Waals surface area contributed by atoms with Gasteiger partial charge in [-0.15, -0.1) is 0 Å². The van der Waals surface area contributed by atoms with Gasteiger partial charge in [-0.25, -0.2) is 9.69 Å². The minimum absolute atomic E-state index is 0.0255. The van der Waals surface area contributed by atoms with Gasteiger partial charge >= 0.3 is 6.03 Å². The van der Waals surface area contributed by atoms with E-state index in [-0.39, 0.29) is 29.2 Å². The number of hydrogen-bond acceptors (Lipinski definition) is 4. The Hall–Kier alpha value is -4.14. The monoisotopic (exact) mass is 554 g/mol. The normalized spacial score (nSPS) is 22.1. The average Bonchev–Trinajstić information content (AvgIpc) is 3.68. The van der Waals surface area contributed by atoms with Crippen molar-refractivity contribution in [2.75, 3.05) is 18.1 Å². The van der Waals surface area contributed by atoms with Gasteiger partial charge in [0.25, 0.3) is 11.8 Å². The molecule has 4 heterocycles. The zero-order chi connectivity index (χ0) is 27.4. The number of H-pyrrole nitrogens is 1. The molecule has 2 fully saturated rings. The fraction of sp³-hybridized carbons (Fsp3) is 0.258. The standard InChI is InChI=1S/C31H27ClN4O4/c32-19-8-5-7-18(15-19)28-27-23(21-10-1-3-12-24(21)34-27)16-26-30(38)36(31(39)35(26)28)25-13-4-2-11-22(25)29(37)33-17-20-9-6-14-40-20/h1-5,7-8,10-13,15,20,26,28,34H,6,9,14,16-17H2,(H,33,37)/t20-,26-,28-/m0/s1. The first-order chi connectivity index (χ1) is 19.5. The van der Waals surface area contributed by atoms with E-state index in [1.54, 1.807) is 35.2 Å². The van der Waals surface area contributed by atoms with E-state index in [2.05, 4.69) is 10.3 Å². The van der Waals surface area contributed by atoms with Crippen LogP contribution in [0.5, 0.6) is 0 Å². The van der Waals surface area contributed by atoms with E-state index in [1.807, 2.05) is 42.5 Å². The van der Waals surface area contributed by atoms with Gasteiger partial charge in [-0.2, -0.15) is 0 Å². The maximum atomic E-state index is 14.2. The molecule has 0 aliphatic carbocycles. The smallest absolute Gasteiger partial charge is 0.332 e. The van der Waals surface area contributed by atoms with Crippen LogP contribution >= 0.6 is 11.6 Å². The second-order valence-electron chi connectivity index (χ2n) is 10.5. The maximum Gasteiger partial charge on any atom is 0.332 e. The summed E-state index contributed by atoms with van der Waals surface area (Å²) >= 11 is 6.39. The third-order valence-electron chi connectivity index (χ3n) is 8.12. The lowest BCUT2D eigenvalue weighted by atomic mass is 9.89. The average molecular weight is 555 g/mol. The van der Waals surface area contributed by atoms with E-state index in [4.69, 9.17) is 16.3 Å². The number of ether oxygens (including phenoxy) is 1. The van der Waals surface area contributed by atoms with Crippen LogP contribution in [0.15, 0.2) is 72.8 Å². The Morgan fingerprint density at radius 3 is 2.70 bits per heavy atom. The summed E-state index contributed by atoms with van der Waals surface area (Å²) in [6.45, 7) is 1.07. The van der Waals surface area contributed by atoms with Crippen molar-refractivity contribution in [1.82, 2.24) is 15.2 Å². The number of carbonyl (C=O) groups excluding carboxylic acids is 3. The number of urea groups is 1. The van der Waals surface area contributed by atoms with E-state index in [1.165, 1.54) is 0 Å². The van der Waals surface area contributed by atoms with Crippen molar-refractivity contribution in [1.29, 1.82) is 0 Å². The van der Waals surface area contributed by atoms with Crippen LogP contribution in [-0.2, 0) is 16.0 Å². The minimum atomic E-state index is -0.730. The third kappa shape index (κ3) is 3.98. The Balaban J connectivity index is 1.29. The molecule has 2 saturated heterocycles. The summed E-state index contributed by atoms with van der Waals surface area (Å²) in [7, 11) is 0. The quantitative estimate of drug-likeness (QED) is 0.331. The van der Waals surface area contributed by atoms with Crippen LogP contribution in [0.3, 0.4) is 0 Å². The van der Waals surface area contributed by atoms with Crippen LogP contribution in [-0.4, -0.2) is 53.0 Å². The fourth-order valence-electron chi connectivity index (χ4n) is 6.29. The number of carbonyl (C=O) groups is 3. The second kappa shape index (κ2) is 9.80. The molecular formula is C31H27ClN4O4. The molecule has 0 unspecified atom stereocenters. The van der Waals surface area contributed by atoms with Gasteiger partial charge in [0, 0.05) is 41.2 Å². The Morgan fingerprint density at radius 1 is 1.05 bits per heavy atom. The van der Waals surface area contributed by atoms with E-state index in [0.29, 0.717) is 24.6 Å². The van der Waals surface area contributed by atoms with E-state index in [0.717, 1.165) is 45.5 Å². The zero-order valence-corrected chi connectivity index (χ0v) is 22.4. The summed E-state index contributed by atoms with van der Waals surface area (Å²) in [4.78, 5) is 47.9. The number of rotatable bonds is 5. The van der Waals surface area contributed by atoms with Gasteiger partial charge in [0.05, 0.1) is 17.4 Å². The SMILES string of the molecule is O=C(NC[C@@H]1CCCO1)c1ccccc1N1C(=O)[C@@H]2Cc3c([nH]c4ccccc34)[C@H](c3cccc(Cl)c3)N2C1=O. The number of nitrogens with zero attached hydrogens (tertiary/aromatic N) is 2. The van der Waals surface area contributed by atoms with Gasteiger partial charge in [0.2, 0.25) is 0 Å². The number of nitrogens with one attached hydrogen (secondary N) is 2. The molecule has 4 amide bonds. The molecule has 0 radical (unpaired) electrons. The van der Waals surface area contributed by atoms with E-state index < -0.39 is 18.1 Å². The highest BCUT2D eigenvalue weighted by Crippen LogP contribution is 2.45. The number of aromatic amines is 1. The summed E-state index contributed by atoms with van der Waals surface area (Å²) in [6, 6.07) is 20.3. The topological polar surface area (TPSA) is 94.7 Å². The Kier molecular flexibility index (Phi) is 6.09. The zero-order valence-electron chi connectivity index (χ0n) is 21.6. The van der Waals surface area contributed by atoms with Crippen molar-refractivity contribution in [3.8, 4) is 0 Å². The van der Waals surface area contributed by atoms with Gasteiger partial charge in [-0.05, 0) is 54.3 Å². The number of benzene rings is 3. The molecule has 3 aromatic carbocycles. The van der Waals surface area contributed by atoms with Crippen molar-refractivity contribution < 1.29 is 19.1 Å². The van der Waals surface area contributed by atoms with Crippen molar-refractivity contribution in [2.24, 2.45) is 0 Å². The summed E-state index contributed by atoms with van der Waals surface area (Å²) in [5.74, 6) is -0.702. The number of imide groups is 1. The van der Waals surface area contributed by atoms with E-state index in [9.17, 15) is 14.4 Å². The molecule has 202 valence electrons. The number of amides is 4. The molecular weight excluding hydrogens is 528 g/mol. The molecule has 4 aromatic rings. The first-order valence-electron chi connectivity index (χ1n) is 13.5. The van der Waals surface area contributed by atoms with Crippen molar-refractivity contribution in [3.63, 3.8) is 0 Å². The lowest BCUT2D eigenvalue weighted by Crippen LogP contribution is -2.44. The van der Waals surface area contributed by atoms with Crippen LogP contribution in [0, 0.1) is 0 Å². The molecule has 0 saturated carbocycles. The highest BCUT2D eigenvalue weighted by molar-refractivity contribution is 6.30. The molecule has 0 bridgehead atoms.